The van der Waals surface area contributed by atoms with E-state index in [2.05, 4.69) is 40.4 Å². The molecule has 3 heterocycles. The van der Waals surface area contributed by atoms with Crippen LogP contribution in [0.2, 0.25) is 0 Å². The maximum Gasteiger partial charge on any atom is 0.251 e. The van der Waals surface area contributed by atoms with Gasteiger partial charge in [-0.1, -0.05) is 30.3 Å². The van der Waals surface area contributed by atoms with Crippen molar-refractivity contribution in [2.45, 2.75) is 18.9 Å². The minimum absolute atomic E-state index is 0.365. The summed E-state index contributed by atoms with van der Waals surface area (Å²) in [5.74, 6) is 0.400. The van der Waals surface area contributed by atoms with Crippen molar-refractivity contribution in [1.29, 1.82) is 0 Å². The molecule has 3 N–H and O–H groups in total. The number of pyridine rings is 1. The van der Waals surface area contributed by atoms with Crippen molar-refractivity contribution in [3.63, 3.8) is 0 Å². The second kappa shape index (κ2) is 7.05. The number of nitrogens with two attached hydrogens (primary N) is 1. The largest absolute Gasteiger partial charge is 0.366 e. The molecule has 0 bridgehead atoms. The number of likely N-dealkylation sites (tertiary alicyclic amines) is 1. The van der Waals surface area contributed by atoms with Gasteiger partial charge in [-0.3, -0.25) is 4.79 Å². The zero-order chi connectivity index (χ0) is 18.1. The van der Waals surface area contributed by atoms with Crippen LogP contribution in [-0.2, 0) is 0 Å². The number of hydrogen-bond donors (Lipinski definition) is 2. The lowest BCUT2D eigenvalue weighted by Gasteiger charge is -2.30. The molecule has 0 radical (unpaired) electrons. The molecule has 1 aliphatic heterocycles. The van der Waals surface area contributed by atoms with Gasteiger partial charge < -0.3 is 16.0 Å². The maximum absolute atomic E-state index is 11.9. The first kappa shape index (κ1) is 17.0. The number of anilines is 1. The molecular weight excluding hydrogens is 344 g/mol. The lowest BCUT2D eigenvalue weighted by atomic mass is 10.1. The van der Waals surface area contributed by atoms with Crippen LogP contribution in [0, 0.1) is 0 Å². The van der Waals surface area contributed by atoms with Gasteiger partial charge in [0.1, 0.15) is 5.82 Å². The second-order valence-corrected chi connectivity index (χ2v) is 7.90. The van der Waals surface area contributed by atoms with Crippen molar-refractivity contribution in [3.8, 4) is 10.4 Å². The molecule has 6 heteroatoms. The van der Waals surface area contributed by atoms with E-state index in [1.165, 1.54) is 6.42 Å². The van der Waals surface area contributed by atoms with Crippen molar-refractivity contribution < 1.29 is 4.79 Å². The van der Waals surface area contributed by atoms with Gasteiger partial charge in [-0.15, -0.1) is 11.3 Å². The molecule has 1 aliphatic rings. The van der Waals surface area contributed by atoms with Crippen molar-refractivity contribution >= 4 is 33.1 Å². The number of aromatic nitrogens is 1. The Morgan fingerprint density at radius 1 is 1.35 bits per heavy atom. The number of primary amides is 1. The number of benzene rings is 1. The van der Waals surface area contributed by atoms with Gasteiger partial charge in [0, 0.05) is 29.0 Å². The number of hydrogen-bond acceptors (Lipinski definition) is 5. The fraction of sp³-hybridized carbons (Fsp3) is 0.300. The van der Waals surface area contributed by atoms with E-state index in [-0.39, 0.29) is 0 Å². The maximum atomic E-state index is 11.9. The standard InChI is InChI=1S/C20H22N4OS/c1-24-9-5-8-14(12-24)23-20-15-10-17(13-6-3-2-4-7-13)26-18(15)16(11-22-20)19(21)25/h2-4,6-7,10-11,14H,5,8-9,12H2,1H3,(H2,21,25)(H,22,23)/t14-/m0/s1. The first-order chi connectivity index (χ1) is 12.6. The topological polar surface area (TPSA) is 71.2 Å². The van der Waals surface area contributed by atoms with Crippen molar-refractivity contribution in [2.75, 3.05) is 25.5 Å². The van der Waals surface area contributed by atoms with E-state index in [1.807, 2.05) is 18.2 Å². The number of rotatable bonds is 4. The number of nitrogens with one attached hydrogen (secondary N) is 1. The molecular formula is C20H22N4OS. The van der Waals surface area contributed by atoms with Crippen LogP contribution in [-0.4, -0.2) is 42.0 Å². The summed E-state index contributed by atoms with van der Waals surface area (Å²) in [5.41, 5.74) is 7.20. The fourth-order valence-electron chi connectivity index (χ4n) is 3.54. The van der Waals surface area contributed by atoms with Gasteiger partial charge in [-0.05, 0) is 38.1 Å². The van der Waals surface area contributed by atoms with Crippen LogP contribution in [0.4, 0.5) is 5.82 Å². The Bertz CT molecular complexity index is 938. The van der Waals surface area contributed by atoms with Crippen LogP contribution in [0.3, 0.4) is 0 Å². The van der Waals surface area contributed by atoms with Crippen molar-refractivity contribution in [1.82, 2.24) is 9.88 Å². The Balaban J connectivity index is 1.77. The third-order valence-electron chi connectivity index (χ3n) is 4.84. The average molecular weight is 366 g/mol. The van der Waals surface area contributed by atoms with Gasteiger partial charge in [-0.2, -0.15) is 0 Å². The number of thiophene rings is 1. The quantitative estimate of drug-likeness (QED) is 0.740. The first-order valence-corrected chi connectivity index (χ1v) is 9.66. The van der Waals surface area contributed by atoms with E-state index in [1.54, 1.807) is 17.5 Å². The predicted octanol–water partition coefficient (Wildman–Crippen LogP) is 3.57. The van der Waals surface area contributed by atoms with Crippen LogP contribution in [0.25, 0.3) is 20.5 Å². The van der Waals surface area contributed by atoms with Crippen LogP contribution < -0.4 is 11.1 Å². The zero-order valence-corrected chi connectivity index (χ0v) is 15.6. The van der Waals surface area contributed by atoms with Gasteiger partial charge >= 0.3 is 0 Å². The molecule has 134 valence electrons. The molecule has 1 atom stereocenters. The number of fused-ring (bicyclic) bond motifs is 1. The van der Waals surface area contributed by atoms with Crippen molar-refractivity contribution in [2.24, 2.45) is 5.73 Å². The Kier molecular flexibility index (Phi) is 4.61. The van der Waals surface area contributed by atoms with Crippen molar-refractivity contribution in [3.05, 3.63) is 48.2 Å². The van der Waals surface area contributed by atoms with Crippen LogP contribution in [0.1, 0.15) is 23.2 Å². The number of carbonyl (C=O) groups is 1. The highest BCUT2D eigenvalue weighted by molar-refractivity contribution is 7.22. The molecule has 0 saturated carbocycles. The van der Waals surface area contributed by atoms with E-state index in [0.29, 0.717) is 11.6 Å². The van der Waals surface area contributed by atoms with E-state index in [9.17, 15) is 4.79 Å². The fourth-order valence-corrected chi connectivity index (χ4v) is 4.72. The zero-order valence-electron chi connectivity index (χ0n) is 14.7. The molecule has 0 spiro atoms. The Morgan fingerprint density at radius 3 is 2.88 bits per heavy atom. The molecule has 2 aromatic heterocycles. The minimum atomic E-state index is -0.437. The predicted molar refractivity (Wildman–Crippen MR) is 108 cm³/mol. The molecule has 1 aromatic carbocycles. The lowest BCUT2D eigenvalue weighted by molar-refractivity contribution is 0.100. The minimum Gasteiger partial charge on any atom is -0.366 e. The normalized spacial score (nSPS) is 18.1. The SMILES string of the molecule is CN1CCC[C@H](Nc2ncc(C(N)=O)c3sc(-c4ccccc4)cc23)C1. The first-order valence-electron chi connectivity index (χ1n) is 8.84. The van der Waals surface area contributed by atoms with Gasteiger partial charge in [0.05, 0.1) is 10.3 Å². The van der Waals surface area contributed by atoms with E-state index < -0.39 is 5.91 Å². The van der Waals surface area contributed by atoms with E-state index in [0.717, 1.165) is 45.9 Å². The monoisotopic (exact) mass is 366 g/mol. The van der Waals surface area contributed by atoms with Gasteiger partial charge in [0.15, 0.2) is 0 Å². The summed E-state index contributed by atoms with van der Waals surface area (Å²) in [7, 11) is 2.14. The van der Waals surface area contributed by atoms with Gasteiger partial charge in [0.25, 0.3) is 5.91 Å². The Hall–Kier alpha value is -2.44. The highest BCUT2D eigenvalue weighted by atomic mass is 32.1. The number of likely N-dealkylation sites (N-methyl/N-ethyl adjacent to an activating group) is 1. The summed E-state index contributed by atoms with van der Waals surface area (Å²) < 4.78 is 0.901. The van der Waals surface area contributed by atoms with Crippen LogP contribution >= 0.6 is 11.3 Å². The average Bonchev–Trinajstić information content (AvgIpc) is 3.08. The second-order valence-electron chi connectivity index (χ2n) is 6.85. The molecule has 1 amide bonds. The molecule has 26 heavy (non-hydrogen) atoms. The Morgan fingerprint density at radius 2 is 2.15 bits per heavy atom. The number of nitrogens with zero attached hydrogens (tertiary/aromatic N) is 2. The van der Waals surface area contributed by atoms with Crippen LogP contribution in [0.5, 0.6) is 0 Å². The van der Waals surface area contributed by atoms with E-state index >= 15 is 0 Å². The number of amides is 1. The number of carbonyl (C=O) groups excluding carboxylic acids is 1. The summed E-state index contributed by atoms with van der Waals surface area (Å²) in [6, 6.07) is 12.7. The molecule has 4 rings (SSSR count). The molecule has 5 nitrogen and oxygen atoms in total. The third kappa shape index (κ3) is 3.30. The summed E-state index contributed by atoms with van der Waals surface area (Å²) >= 11 is 1.59. The summed E-state index contributed by atoms with van der Waals surface area (Å²) in [4.78, 5) is 19.8. The smallest absolute Gasteiger partial charge is 0.251 e. The Labute approximate surface area is 156 Å². The molecule has 0 aliphatic carbocycles. The molecule has 0 unspecified atom stereocenters. The summed E-state index contributed by atoms with van der Waals surface area (Å²) in [6.07, 6.45) is 3.90. The highest BCUT2D eigenvalue weighted by Gasteiger charge is 2.21. The van der Waals surface area contributed by atoms with Gasteiger partial charge in [-0.25, -0.2) is 4.98 Å². The molecule has 3 aromatic rings. The summed E-state index contributed by atoms with van der Waals surface area (Å²) in [6.45, 7) is 2.13. The lowest BCUT2D eigenvalue weighted by Crippen LogP contribution is -2.39. The molecule has 1 fully saturated rings. The third-order valence-corrected chi connectivity index (χ3v) is 6.06. The van der Waals surface area contributed by atoms with Crippen LogP contribution in [0.15, 0.2) is 42.6 Å². The highest BCUT2D eigenvalue weighted by Crippen LogP contribution is 2.38. The van der Waals surface area contributed by atoms with Gasteiger partial charge in [0.2, 0.25) is 0 Å². The van der Waals surface area contributed by atoms with E-state index in [4.69, 9.17) is 5.73 Å². The molecule has 1 saturated heterocycles. The number of piperidine rings is 1. The summed E-state index contributed by atoms with van der Waals surface area (Å²) in [5, 5.41) is 4.56.